The Morgan fingerprint density at radius 3 is 2.89 bits per heavy atom. The maximum Gasteiger partial charge on any atom is 0.124 e. The maximum atomic E-state index is 10.3. The van der Waals surface area contributed by atoms with E-state index in [-0.39, 0.29) is 12.0 Å². The van der Waals surface area contributed by atoms with Gasteiger partial charge in [0, 0.05) is 18.2 Å². The Kier molecular flexibility index (Phi) is 4.48. The first-order valence-electron chi connectivity index (χ1n) is 7.18. The number of hydrogen-bond donors (Lipinski definition) is 2. The largest absolute Gasteiger partial charge is 0.493 e. The average molecular weight is 263 g/mol. The first-order valence-corrected chi connectivity index (χ1v) is 7.18. The van der Waals surface area contributed by atoms with Gasteiger partial charge in [-0.2, -0.15) is 0 Å². The van der Waals surface area contributed by atoms with E-state index in [1.54, 1.807) is 0 Å². The summed E-state index contributed by atoms with van der Waals surface area (Å²) in [5.74, 6) is 1.21. The monoisotopic (exact) mass is 263 g/mol. The Bertz CT molecular complexity index is 415. The van der Waals surface area contributed by atoms with E-state index in [4.69, 9.17) is 4.74 Å². The maximum absolute atomic E-state index is 10.3. The molecule has 0 aromatic heterocycles. The molecule has 0 fully saturated rings. The summed E-state index contributed by atoms with van der Waals surface area (Å²) in [6.45, 7) is 7.36. The van der Waals surface area contributed by atoms with Crippen molar-refractivity contribution in [1.82, 2.24) is 5.32 Å². The van der Waals surface area contributed by atoms with Crippen LogP contribution in [0.4, 0.5) is 0 Å². The molecule has 2 unspecified atom stereocenters. The third kappa shape index (κ3) is 3.48. The molecular formula is C16H25NO2. The summed E-state index contributed by atoms with van der Waals surface area (Å²) in [5, 5.41) is 13.9. The van der Waals surface area contributed by atoms with Gasteiger partial charge in [0.2, 0.25) is 0 Å². The Labute approximate surface area is 116 Å². The molecule has 2 rings (SSSR count). The lowest BCUT2D eigenvalue weighted by Gasteiger charge is -2.30. The van der Waals surface area contributed by atoms with E-state index in [9.17, 15) is 5.11 Å². The normalized spacial score (nSPS) is 22.3. The highest BCUT2D eigenvalue weighted by molar-refractivity contribution is 5.36. The minimum absolute atomic E-state index is 0.234. The second-order valence-electron chi connectivity index (χ2n) is 5.97. The Morgan fingerprint density at radius 2 is 2.16 bits per heavy atom. The molecular weight excluding hydrogens is 238 g/mol. The molecule has 1 aliphatic rings. The molecule has 0 spiro atoms. The summed E-state index contributed by atoms with van der Waals surface area (Å²) in [4.78, 5) is 0. The standard InChI is InChI=1S/C16H25NO2/c1-12(2)16(3,18)11-17-14-8-6-10-19-15-9-5-4-7-13(14)15/h4-5,7,9,12,14,17-18H,6,8,10-11H2,1-3H3. The van der Waals surface area contributed by atoms with Gasteiger partial charge in [-0.1, -0.05) is 32.0 Å². The highest BCUT2D eigenvalue weighted by Gasteiger charge is 2.27. The summed E-state index contributed by atoms with van der Waals surface area (Å²) < 4.78 is 5.76. The van der Waals surface area contributed by atoms with E-state index in [1.165, 1.54) is 5.56 Å². The minimum atomic E-state index is -0.678. The smallest absolute Gasteiger partial charge is 0.124 e. The summed E-state index contributed by atoms with van der Waals surface area (Å²) in [5.41, 5.74) is 0.529. The number of aliphatic hydroxyl groups is 1. The van der Waals surface area contributed by atoms with Gasteiger partial charge in [0.25, 0.3) is 0 Å². The summed E-state index contributed by atoms with van der Waals surface area (Å²) in [7, 11) is 0. The number of fused-ring (bicyclic) bond motifs is 1. The van der Waals surface area contributed by atoms with E-state index < -0.39 is 5.60 Å². The van der Waals surface area contributed by atoms with Gasteiger partial charge >= 0.3 is 0 Å². The summed E-state index contributed by atoms with van der Waals surface area (Å²) in [6.07, 6.45) is 2.08. The van der Waals surface area contributed by atoms with Crippen molar-refractivity contribution >= 4 is 0 Å². The van der Waals surface area contributed by atoms with Crippen molar-refractivity contribution in [2.75, 3.05) is 13.2 Å². The van der Waals surface area contributed by atoms with Gasteiger partial charge in [0.1, 0.15) is 5.75 Å². The predicted octanol–water partition coefficient (Wildman–Crippen LogP) is 2.90. The molecule has 106 valence electrons. The van der Waals surface area contributed by atoms with Crippen LogP contribution in [-0.2, 0) is 0 Å². The Hall–Kier alpha value is -1.06. The van der Waals surface area contributed by atoms with E-state index >= 15 is 0 Å². The zero-order valence-corrected chi connectivity index (χ0v) is 12.1. The lowest BCUT2D eigenvalue weighted by Crippen LogP contribution is -2.43. The zero-order valence-electron chi connectivity index (χ0n) is 12.1. The Morgan fingerprint density at radius 1 is 1.42 bits per heavy atom. The van der Waals surface area contributed by atoms with Gasteiger partial charge < -0.3 is 15.2 Å². The molecule has 0 bridgehead atoms. The molecule has 0 radical (unpaired) electrons. The number of ether oxygens (including phenoxy) is 1. The van der Waals surface area contributed by atoms with E-state index in [0.717, 1.165) is 25.2 Å². The van der Waals surface area contributed by atoms with Crippen molar-refractivity contribution in [2.45, 2.75) is 45.3 Å². The average Bonchev–Trinajstić information content (AvgIpc) is 2.58. The van der Waals surface area contributed by atoms with Crippen molar-refractivity contribution in [3.63, 3.8) is 0 Å². The second kappa shape index (κ2) is 5.93. The van der Waals surface area contributed by atoms with E-state index in [2.05, 4.69) is 11.4 Å². The van der Waals surface area contributed by atoms with Gasteiger partial charge in [-0.15, -0.1) is 0 Å². The highest BCUT2D eigenvalue weighted by atomic mass is 16.5. The lowest BCUT2D eigenvalue weighted by molar-refractivity contribution is 0.0115. The number of rotatable bonds is 4. The molecule has 1 aromatic carbocycles. The van der Waals surface area contributed by atoms with Crippen molar-refractivity contribution in [2.24, 2.45) is 5.92 Å². The summed E-state index contributed by atoms with van der Waals surface area (Å²) in [6, 6.07) is 8.45. The Balaban J connectivity index is 2.08. The molecule has 2 atom stereocenters. The fourth-order valence-corrected chi connectivity index (χ4v) is 2.27. The van der Waals surface area contributed by atoms with Crippen LogP contribution in [0, 0.1) is 5.92 Å². The van der Waals surface area contributed by atoms with Crippen molar-refractivity contribution in [3.05, 3.63) is 29.8 Å². The van der Waals surface area contributed by atoms with Crippen LogP contribution in [0.5, 0.6) is 5.75 Å². The first-order chi connectivity index (χ1) is 9.00. The van der Waals surface area contributed by atoms with Gasteiger partial charge in [-0.05, 0) is 31.7 Å². The van der Waals surface area contributed by atoms with Crippen LogP contribution in [0.1, 0.15) is 45.2 Å². The van der Waals surface area contributed by atoms with Crippen molar-refractivity contribution in [1.29, 1.82) is 0 Å². The molecule has 0 saturated carbocycles. The summed E-state index contributed by atoms with van der Waals surface area (Å²) >= 11 is 0. The fraction of sp³-hybridized carbons (Fsp3) is 0.625. The SMILES string of the molecule is CC(C)C(C)(O)CNC1CCCOc2ccccc21. The molecule has 0 amide bonds. The van der Waals surface area contributed by atoms with Crippen LogP contribution >= 0.6 is 0 Å². The second-order valence-corrected chi connectivity index (χ2v) is 5.97. The molecule has 3 heteroatoms. The van der Waals surface area contributed by atoms with Crippen molar-refractivity contribution < 1.29 is 9.84 Å². The van der Waals surface area contributed by atoms with Crippen molar-refractivity contribution in [3.8, 4) is 5.75 Å². The van der Waals surface area contributed by atoms with Crippen LogP contribution < -0.4 is 10.1 Å². The number of benzene rings is 1. The third-order valence-corrected chi connectivity index (χ3v) is 4.14. The van der Waals surface area contributed by atoms with E-state index in [1.807, 2.05) is 39.0 Å². The fourth-order valence-electron chi connectivity index (χ4n) is 2.27. The molecule has 0 saturated heterocycles. The van der Waals surface area contributed by atoms with Crippen LogP contribution in [0.25, 0.3) is 0 Å². The van der Waals surface area contributed by atoms with E-state index in [0.29, 0.717) is 6.54 Å². The number of nitrogens with one attached hydrogen (secondary N) is 1. The van der Waals surface area contributed by atoms with Crippen LogP contribution in [0.15, 0.2) is 24.3 Å². The van der Waals surface area contributed by atoms with Crippen LogP contribution in [0.3, 0.4) is 0 Å². The third-order valence-electron chi connectivity index (χ3n) is 4.14. The van der Waals surface area contributed by atoms with Gasteiger partial charge in [0.15, 0.2) is 0 Å². The quantitative estimate of drug-likeness (QED) is 0.877. The van der Waals surface area contributed by atoms with Crippen LogP contribution in [-0.4, -0.2) is 23.9 Å². The topological polar surface area (TPSA) is 41.5 Å². The van der Waals surface area contributed by atoms with Gasteiger partial charge in [-0.25, -0.2) is 0 Å². The molecule has 1 aliphatic heterocycles. The number of hydrogen-bond acceptors (Lipinski definition) is 3. The molecule has 0 aliphatic carbocycles. The lowest BCUT2D eigenvalue weighted by atomic mass is 9.91. The number of para-hydroxylation sites is 1. The highest BCUT2D eigenvalue weighted by Crippen LogP contribution is 2.31. The molecule has 2 N–H and O–H groups in total. The molecule has 1 heterocycles. The predicted molar refractivity (Wildman–Crippen MR) is 77.4 cm³/mol. The molecule has 1 aromatic rings. The first kappa shape index (κ1) is 14.4. The molecule has 19 heavy (non-hydrogen) atoms. The van der Waals surface area contributed by atoms with Gasteiger partial charge in [0.05, 0.1) is 12.2 Å². The van der Waals surface area contributed by atoms with Gasteiger partial charge in [-0.3, -0.25) is 0 Å². The zero-order chi connectivity index (χ0) is 13.9. The minimum Gasteiger partial charge on any atom is -0.493 e. The van der Waals surface area contributed by atoms with Crippen LogP contribution in [0.2, 0.25) is 0 Å². The molecule has 3 nitrogen and oxygen atoms in total.